The van der Waals surface area contributed by atoms with Crippen molar-refractivity contribution in [1.82, 2.24) is 0 Å². The van der Waals surface area contributed by atoms with Crippen LogP contribution >= 0.6 is 0 Å². The third-order valence-electron chi connectivity index (χ3n) is 1.01. The second-order valence-electron chi connectivity index (χ2n) is 5.39. The van der Waals surface area contributed by atoms with Crippen molar-refractivity contribution >= 4 is 5.97 Å². The maximum absolute atomic E-state index is 9.87. The summed E-state index contributed by atoms with van der Waals surface area (Å²) in [6.45, 7) is 13.7. The number of aliphatic hydroxyl groups is 1. The topological polar surface area (TPSA) is 55.8 Å². The van der Waals surface area contributed by atoms with Gasteiger partial charge in [0.1, 0.15) is 6.61 Å². The van der Waals surface area contributed by atoms with E-state index >= 15 is 0 Å². The minimum absolute atomic E-state index is 0.0156. The molecule has 0 aromatic rings. The molecule has 0 saturated heterocycles. The Labute approximate surface area is 98.9 Å². The van der Waals surface area contributed by atoms with Gasteiger partial charge in [0.05, 0.1) is 17.8 Å². The Kier molecular flexibility index (Phi) is 8.47. The van der Waals surface area contributed by atoms with Crippen LogP contribution in [0.25, 0.3) is 0 Å². The average Bonchev–Trinajstić information content (AvgIpc) is 1.94. The van der Waals surface area contributed by atoms with E-state index in [1.807, 2.05) is 0 Å². The van der Waals surface area contributed by atoms with E-state index in [4.69, 9.17) is 9.84 Å². The van der Waals surface area contributed by atoms with Crippen LogP contribution in [0.5, 0.6) is 0 Å². The zero-order chi connectivity index (χ0) is 13.4. The van der Waals surface area contributed by atoms with E-state index in [1.165, 1.54) is 6.92 Å². The fourth-order valence-corrected chi connectivity index (χ4v) is 1.11. The van der Waals surface area contributed by atoms with Gasteiger partial charge in [0, 0.05) is 6.92 Å². The van der Waals surface area contributed by atoms with E-state index < -0.39 is 0 Å². The lowest BCUT2D eigenvalue weighted by molar-refractivity contribution is -0.141. The molecule has 0 heterocycles. The Bertz CT molecular complexity index is 174. The van der Waals surface area contributed by atoms with Gasteiger partial charge in [0.15, 0.2) is 0 Å². The summed E-state index contributed by atoms with van der Waals surface area (Å²) in [6, 6.07) is 0. The zero-order valence-electron chi connectivity index (χ0n) is 11.6. The SMILES string of the molecule is CC(=O)OCCO.CC(C)(C)OC(C)(C)C. The monoisotopic (exact) mass is 234 g/mol. The number of aliphatic hydroxyl groups excluding tert-OH is 1. The van der Waals surface area contributed by atoms with Crippen LogP contribution in [0.15, 0.2) is 0 Å². The number of hydrogen-bond donors (Lipinski definition) is 1. The van der Waals surface area contributed by atoms with Crippen LogP contribution in [0, 0.1) is 0 Å². The summed E-state index contributed by atoms with van der Waals surface area (Å²) in [7, 11) is 0. The first-order valence-corrected chi connectivity index (χ1v) is 5.42. The molecular weight excluding hydrogens is 208 g/mol. The zero-order valence-corrected chi connectivity index (χ0v) is 11.6. The Balaban J connectivity index is 0. The van der Waals surface area contributed by atoms with Crippen LogP contribution in [0.3, 0.4) is 0 Å². The van der Waals surface area contributed by atoms with Crippen molar-refractivity contribution in [3.05, 3.63) is 0 Å². The first-order valence-electron chi connectivity index (χ1n) is 5.42. The van der Waals surface area contributed by atoms with Crippen LogP contribution in [0.1, 0.15) is 48.5 Å². The Hall–Kier alpha value is -0.610. The van der Waals surface area contributed by atoms with Crippen molar-refractivity contribution in [2.24, 2.45) is 0 Å². The van der Waals surface area contributed by atoms with Crippen molar-refractivity contribution in [3.8, 4) is 0 Å². The van der Waals surface area contributed by atoms with Gasteiger partial charge in [-0.25, -0.2) is 0 Å². The quantitative estimate of drug-likeness (QED) is 0.744. The van der Waals surface area contributed by atoms with Crippen molar-refractivity contribution in [2.75, 3.05) is 13.2 Å². The van der Waals surface area contributed by atoms with Gasteiger partial charge in [-0.2, -0.15) is 0 Å². The molecule has 0 bridgehead atoms. The molecule has 0 aromatic carbocycles. The van der Waals surface area contributed by atoms with Crippen LogP contribution in [0.4, 0.5) is 0 Å². The van der Waals surface area contributed by atoms with Crippen molar-refractivity contribution in [3.63, 3.8) is 0 Å². The molecule has 0 radical (unpaired) electrons. The van der Waals surface area contributed by atoms with E-state index in [0.29, 0.717) is 0 Å². The van der Waals surface area contributed by atoms with Gasteiger partial charge >= 0.3 is 5.97 Å². The highest BCUT2D eigenvalue weighted by Gasteiger charge is 2.19. The first kappa shape index (κ1) is 17.8. The lowest BCUT2D eigenvalue weighted by Crippen LogP contribution is -2.31. The lowest BCUT2D eigenvalue weighted by atomic mass is 10.1. The summed E-state index contributed by atoms with van der Waals surface area (Å²) in [4.78, 5) is 9.87. The van der Waals surface area contributed by atoms with Crippen LogP contribution < -0.4 is 0 Å². The van der Waals surface area contributed by atoms with Gasteiger partial charge < -0.3 is 14.6 Å². The fraction of sp³-hybridized carbons (Fsp3) is 0.917. The molecule has 0 aliphatic heterocycles. The minimum atomic E-state index is -0.353. The summed E-state index contributed by atoms with van der Waals surface area (Å²) in [5.41, 5.74) is -0.0312. The third kappa shape index (κ3) is 23.3. The third-order valence-corrected chi connectivity index (χ3v) is 1.01. The highest BCUT2D eigenvalue weighted by atomic mass is 16.5. The molecule has 4 heteroatoms. The average molecular weight is 234 g/mol. The van der Waals surface area contributed by atoms with Gasteiger partial charge in [0.2, 0.25) is 0 Å². The fourth-order valence-electron chi connectivity index (χ4n) is 1.11. The number of carbonyl (C=O) groups is 1. The minimum Gasteiger partial charge on any atom is -0.463 e. The molecule has 0 saturated carbocycles. The van der Waals surface area contributed by atoms with E-state index in [0.717, 1.165) is 0 Å². The highest BCUT2D eigenvalue weighted by Crippen LogP contribution is 2.17. The van der Waals surface area contributed by atoms with Gasteiger partial charge in [0.25, 0.3) is 0 Å². The number of carbonyl (C=O) groups excluding carboxylic acids is 1. The molecule has 0 rings (SSSR count). The Morgan fingerprint density at radius 1 is 1.06 bits per heavy atom. The maximum Gasteiger partial charge on any atom is 0.302 e. The molecule has 0 fully saturated rings. The molecule has 4 nitrogen and oxygen atoms in total. The molecule has 0 aliphatic carbocycles. The van der Waals surface area contributed by atoms with Crippen LogP contribution in [-0.2, 0) is 14.3 Å². The normalized spacial score (nSPS) is 11.5. The predicted octanol–water partition coefficient (Wildman–Crippen LogP) is 2.14. The molecule has 16 heavy (non-hydrogen) atoms. The van der Waals surface area contributed by atoms with Crippen LogP contribution in [-0.4, -0.2) is 35.5 Å². The summed E-state index contributed by atoms with van der Waals surface area (Å²) in [5, 5.41) is 8.04. The molecule has 0 atom stereocenters. The smallest absolute Gasteiger partial charge is 0.302 e. The number of rotatable bonds is 2. The highest BCUT2D eigenvalue weighted by molar-refractivity contribution is 5.65. The first-order chi connectivity index (χ1) is 6.98. The number of esters is 1. The summed E-state index contributed by atoms with van der Waals surface area (Å²) >= 11 is 0. The molecule has 1 N–H and O–H groups in total. The van der Waals surface area contributed by atoms with E-state index in [1.54, 1.807) is 0 Å². The van der Waals surface area contributed by atoms with E-state index in [2.05, 4.69) is 46.3 Å². The molecule has 0 amide bonds. The molecule has 0 aliphatic rings. The van der Waals surface area contributed by atoms with Gasteiger partial charge in [-0.1, -0.05) is 0 Å². The van der Waals surface area contributed by atoms with Gasteiger partial charge in [-0.05, 0) is 41.5 Å². The number of hydrogen-bond acceptors (Lipinski definition) is 4. The summed E-state index contributed by atoms with van der Waals surface area (Å²) in [6.07, 6.45) is 0. The summed E-state index contributed by atoms with van der Waals surface area (Å²) in [5.74, 6) is -0.353. The van der Waals surface area contributed by atoms with Crippen LogP contribution in [0.2, 0.25) is 0 Å². The molecule has 0 spiro atoms. The van der Waals surface area contributed by atoms with Gasteiger partial charge in [-0.15, -0.1) is 0 Å². The Morgan fingerprint density at radius 3 is 1.50 bits per heavy atom. The van der Waals surface area contributed by atoms with Crippen molar-refractivity contribution in [1.29, 1.82) is 0 Å². The summed E-state index contributed by atoms with van der Waals surface area (Å²) < 4.78 is 9.93. The second kappa shape index (κ2) is 7.63. The number of ether oxygens (including phenoxy) is 2. The molecule has 0 unspecified atom stereocenters. The largest absolute Gasteiger partial charge is 0.463 e. The van der Waals surface area contributed by atoms with Crippen molar-refractivity contribution in [2.45, 2.75) is 59.7 Å². The molecule has 98 valence electrons. The second-order valence-corrected chi connectivity index (χ2v) is 5.39. The van der Waals surface area contributed by atoms with Crippen molar-refractivity contribution < 1.29 is 19.4 Å². The lowest BCUT2D eigenvalue weighted by Gasteiger charge is -2.30. The standard InChI is InChI=1S/C8H18O.C4H8O3/c1-7(2,3)9-8(4,5)6;1-4(6)7-3-2-5/h1-6H3;5H,2-3H2,1H3. The molecular formula is C12H26O4. The predicted molar refractivity (Wildman–Crippen MR) is 64.3 cm³/mol. The molecule has 0 aromatic heterocycles. The maximum atomic E-state index is 9.87. The van der Waals surface area contributed by atoms with E-state index in [9.17, 15) is 4.79 Å². The van der Waals surface area contributed by atoms with E-state index in [-0.39, 0.29) is 30.4 Å². The van der Waals surface area contributed by atoms with Gasteiger partial charge in [-0.3, -0.25) is 4.79 Å². The Morgan fingerprint density at radius 2 is 1.44 bits per heavy atom.